The van der Waals surface area contributed by atoms with Crippen molar-refractivity contribution in [1.82, 2.24) is 0 Å². The van der Waals surface area contributed by atoms with Gasteiger partial charge in [-0.05, 0) is 41.5 Å². The second kappa shape index (κ2) is 9.88. The number of benzene rings is 4. The molecule has 1 heterocycles. The number of methoxy groups -OCH3 is 1. The Kier molecular flexibility index (Phi) is 6.33. The van der Waals surface area contributed by atoms with Gasteiger partial charge in [0.1, 0.15) is 11.3 Å². The van der Waals surface area contributed by atoms with E-state index in [2.05, 4.69) is 0 Å². The molecule has 36 heavy (non-hydrogen) atoms. The molecule has 0 radical (unpaired) electrons. The van der Waals surface area contributed by atoms with Gasteiger partial charge in [0.25, 0.3) is 0 Å². The number of halogens is 1. The van der Waals surface area contributed by atoms with Gasteiger partial charge in [0.15, 0.2) is 17.7 Å². The molecule has 5 rings (SSSR count). The lowest BCUT2D eigenvalue weighted by Crippen LogP contribution is -2.19. The smallest absolute Gasteiger partial charge is 0.336 e. The van der Waals surface area contributed by atoms with Crippen molar-refractivity contribution in [2.75, 3.05) is 7.11 Å². The van der Waals surface area contributed by atoms with E-state index in [1.165, 1.54) is 25.3 Å². The number of carbonyl (C=O) groups is 1. The van der Waals surface area contributed by atoms with E-state index in [9.17, 15) is 14.0 Å². The van der Waals surface area contributed by atoms with Gasteiger partial charge in [0.2, 0.25) is 5.78 Å². The fraction of sp³-hybridized carbons (Fsp3) is 0.0667. The summed E-state index contributed by atoms with van der Waals surface area (Å²) in [6.45, 7) is 0. The van der Waals surface area contributed by atoms with Crippen LogP contribution in [0, 0.1) is 5.82 Å². The van der Waals surface area contributed by atoms with Crippen LogP contribution in [0.5, 0.6) is 11.5 Å². The maximum atomic E-state index is 14.3. The number of rotatable bonds is 7. The van der Waals surface area contributed by atoms with Gasteiger partial charge in [0.05, 0.1) is 7.11 Å². The van der Waals surface area contributed by atoms with Crippen LogP contribution in [0.3, 0.4) is 0 Å². The molecular formula is C30H21FO5. The Labute approximate surface area is 206 Å². The molecule has 0 aliphatic rings. The number of ketones is 1. The summed E-state index contributed by atoms with van der Waals surface area (Å²) in [6, 6.07) is 29.0. The lowest BCUT2D eigenvalue weighted by Gasteiger charge is -2.19. The number of hydrogen-bond acceptors (Lipinski definition) is 5. The number of fused-ring (bicyclic) bond motifs is 1. The summed E-state index contributed by atoms with van der Waals surface area (Å²) >= 11 is 0. The van der Waals surface area contributed by atoms with Gasteiger partial charge < -0.3 is 13.9 Å². The Morgan fingerprint density at radius 3 is 2.28 bits per heavy atom. The zero-order chi connectivity index (χ0) is 25.1. The minimum Gasteiger partial charge on any atom is -0.494 e. The van der Waals surface area contributed by atoms with Crippen LogP contribution in [-0.2, 0) is 0 Å². The topological polar surface area (TPSA) is 65.7 Å². The molecule has 0 unspecified atom stereocenters. The number of Topliss-reactive ketones (excluding diaryl/α,β-unsaturated/α-hetero) is 1. The summed E-state index contributed by atoms with van der Waals surface area (Å²) in [5.74, 6) is -0.701. The highest BCUT2D eigenvalue weighted by molar-refractivity contribution is 6.00. The van der Waals surface area contributed by atoms with E-state index in [1.54, 1.807) is 42.5 Å². The van der Waals surface area contributed by atoms with Crippen molar-refractivity contribution in [3.05, 3.63) is 130 Å². The summed E-state index contributed by atoms with van der Waals surface area (Å²) in [5, 5.41) is 0.730. The van der Waals surface area contributed by atoms with Gasteiger partial charge in [-0.3, -0.25) is 4.79 Å². The van der Waals surface area contributed by atoms with Crippen LogP contribution >= 0.6 is 0 Å². The Hall–Kier alpha value is -4.71. The molecule has 0 saturated heterocycles. The quantitative estimate of drug-likeness (QED) is 0.194. The summed E-state index contributed by atoms with van der Waals surface area (Å²) in [6.07, 6.45) is -1.06. The number of ether oxygens (including phenoxy) is 2. The van der Waals surface area contributed by atoms with Crippen molar-refractivity contribution >= 4 is 16.8 Å². The van der Waals surface area contributed by atoms with Gasteiger partial charge in [-0.1, -0.05) is 60.7 Å². The highest BCUT2D eigenvalue weighted by atomic mass is 19.1. The van der Waals surface area contributed by atoms with E-state index in [-0.39, 0.29) is 11.3 Å². The highest BCUT2D eigenvalue weighted by Crippen LogP contribution is 2.32. The Morgan fingerprint density at radius 2 is 1.58 bits per heavy atom. The lowest BCUT2D eigenvalue weighted by atomic mass is 9.99. The van der Waals surface area contributed by atoms with Gasteiger partial charge in [0, 0.05) is 28.6 Å². The molecule has 6 heteroatoms. The highest BCUT2D eigenvalue weighted by Gasteiger charge is 2.25. The largest absolute Gasteiger partial charge is 0.494 e. The molecule has 5 aromatic rings. The molecule has 1 aromatic heterocycles. The summed E-state index contributed by atoms with van der Waals surface area (Å²) in [5.41, 5.74) is 2.18. The van der Waals surface area contributed by atoms with E-state index >= 15 is 0 Å². The normalized spacial score (nSPS) is 11.7. The standard InChI is InChI=1S/C30H21FO5/c1-34-26-15-12-21(16-25(26)31)29(33)30(20-10-6-3-7-11-20)35-22-13-14-23-24(19-8-4-2-5-9-19)18-28(32)36-27(23)17-22/h2-18,30H,1H3/t30-/m1/s1. The first-order valence-corrected chi connectivity index (χ1v) is 11.3. The third kappa shape index (κ3) is 4.61. The van der Waals surface area contributed by atoms with Crippen molar-refractivity contribution in [2.24, 2.45) is 0 Å². The van der Waals surface area contributed by atoms with Crippen molar-refractivity contribution in [2.45, 2.75) is 6.10 Å². The zero-order valence-electron chi connectivity index (χ0n) is 19.3. The van der Waals surface area contributed by atoms with Crippen LogP contribution in [0.15, 0.2) is 112 Å². The summed E-state index contributed by atoms with van der Waals surface area (Å²) in [7, 11) is 1.36. The Bertz CT molecular complexity index is 1590. The van der Waals surface area contributed by atoms with Crippen LogP contribution in [-0.4, -0.2) is 12.9 Å². The Morgan fingerprint density at radius 1 is 0.861 bits per heavy atom. The molecule has 0 spiro atoms. The molecule has 0 bridgehead atoms. The predicted octanol–water partition coefficient (Wildman–Crippen LogP) is 6.61. The zero-order valence-corrected chi connectivity index (χ0v) is 19.3. The van der Waals surface area contributed by atoms with E-state index in [0.717, 1.165) is 22.6 Å². The fourth-order valence-electron chi connectivity index (χ4n) is 4.08. The SMILES string of the molecule is COc1ccc(C(=O)[C@H](Oc2ccc3c(-c4ccccc4)cc(=O)oc3c2)c2ccccc2)cc1F. The van der Waals surface area contributed by atoms with Gasteiger partial charge >= 0.3 is 5.63 Å². The first kappa shape index (κ1) is 23.1. The monoisotopic (exact) mass is 480 g/mol. The van der Waals surface area contributed by atoms with E-state index in [1.807, 2.05) is 36.4 Å². The molecule has 0 N–H and O–H groups in total. The fourth-order valence-corrected chi connectivity index (χ4v) is 4.08. The third-order valence-electron chi connectivity index (χ3n) is 5.83. The van der Waals surface area contributed by atoms with Crippen LogP contribution in [0.1, 0.15) is 22.0 Å². The molecule has 178 valence electrons. The molecule has 0 aliphatic heterocycles. The lowest BCUT2D eigenvalue weighted by molar-refractivity contribution is 0.0792. The molecule has 5 nitrogen and oxygen atoms in total. The minimum atomic E-state index is -1.06. The first-order valence-electron chi connectivity index (χ1n) is 11.3. The predicted molar refractivity (Wildman–Crippen MR) is 135 cm³/mol. The molecule has 0 amide bonds. The number of hydrogen-bond donors (Lipinski definition) is 0. The van der Waals surface area contributed by atoms with Crippen LogP contribution in [0.4, 0.5) is 4.39 Å². The maximum absolute atomic E-state index is 14.3. The van der Waals surface area contributed by atoms with Crippen LogP contribution in [0.25, 0.3) is 22.1 Å². The molecule has 4 aromatic carbocycles. The molecule has 0 saturated carbocycles. The minimum absolute atomic E-state index is 0.0440. The van der Waals surface area contributed by atoms with Crippen molar-refractivity contribution in [3.8, 4) is 22.6 Å². The van der Waals surface area contributed by atoms with E-state index in [0.29, 0.717) is 16.9 Å². The second-order valence-electron chi connectivity index (χ2n) is 8.13. The third-order valence-corrected chi connectivity index (χ3v) is 5.83. The molecule has 1 atom stereocenters. The molecular weight excluding hydrogens is 459 g/mol. The first-order chi connectivity index (χ1) is 17.5. The van der Waals surface area contributed by atoms with Crippen molar-refractivity contribution in [3.63, 3.8) is 0 Å². The average Bonchev–Trinajstić information content (AvgIpc) is 2.91. The maximum Gasteiger partial charge on any atom is 0.336 e. The van der Waals surface area contributed by atoms with Gasteiger partial charge in [-0.15, -0.1) is 0 Å². The van der Waals surface area contributed by atoms with E-state index in [4.69, 9.17) is 13.9 Å². The molecule has 0 aliphatic carbocycles. The number of carbonyl (C=O) groups excluding carboxylic acids is 1. The van der Waals surface area contributed by atoms with Gasteiger partial charge in [-0.25, -0.2) is 9.18 Å². The van der Waals surface area contributed by atoms with E-state index < -0.39 is 23.3 Å². The van der Waals surface area contributed by atoms with Gasteiger partial charge in [-0.2, -0.15) is 0 Å². The molecule has 0 fully saturated rings. The van der Waals surface area contributed by atoms with Crippen LogP contribution < -0.4 is 15.1 Å². The van der Waals surface area contributed by atoms with Crippen molar-refractivity contribution < 1.29 is 23.1 Å². The second-order valence-corrected chi connectivity index (χ2v) is 8.13. The summed E-state index contributed by atoms with van der Waals surface area (Å²) in [4.78, 5) is 25.8. The van der Waals surface area contributed by atoms with Crippen LogP contribution in [0.2, 0.25) is 0 Å². The summed E-state index contributed by atoms with van der Waals surface area (Å²) < 4.78 is 30.9. The van der Waals surface area contributed by atoms with Crippen molar-refractivity contribution in [1.29, 1.82) is 0 Å². The Balaban J connectivity index is 1.55. The average molecular weight is 480 g/mol.